The Balaban J connectivity index is 1.69. The summed E-state index contributed by atoms with van der Waals surface area (Å²) < 4.78 is 0. The van der Waals surface area contributed by atoms with Gasteiger partial charge in [-0.15, -0.1) is 0 Å². The number of carbonyl (C=O) groups is 1. The first-order valence-corrected chi connectivity index (χ1v) is 9.96. The van der Waals surface area contributed by atoms with Gasteiger partial charge in [0.2, 0.25) is 0 Å². The second kappa shape index (κ2) is 7.92. The molecule has 0 unspecified atom stereocenters. The van der Waals surface area contributed by atoms with Gasteiger partial charge in [0.1, 0.15) is 0 Å². The minimum absolute atomic E-state index is 0.168. The highest BCUT2D eigenvalue weighted by molar-refractivity contribution is 5.95. The maximum Gasteiger partial charge on any atom is 0.160 e. The van der Waals surface area contributed by atoms with Crippen LogP contribution in [0.1, 0.15) is 50.7 Å². The van der Waals surface area contributed by atoms with Gasteiger partial charge in [-0.3, -0.25) is 4.79 Å². The van der Waals surface area contributed by atoms with E-state index in [1.807, 2.05) is 0 Å². The van der Waals surface area contributed by atoms with Crippen molar-refractivity contribution in [2.75, 3.05) is 0 Å². The summed E-state index contributed by atoms with van der Waals surface area (Å²) in [5.74, 6) is 0.168. The Morgan fingerprint density at radius 3 is 1.37 bits per heavy atom. The van der Waals surface area contributed by atoms with Gasteiger partial charge in [-0.1, -0.05) is 60.7 Å². The van der Waals surface area contributed by atoms with Gasteiger partial charge in [-0.25, -0.2) is 0 Å². The largest absolute Gasteiger partial charge is 0.295 e. The maximum atomic E-state index is 12.2. The lowest BCUT2D eigenvalue weighted by molar-refractivity contribution is 0.101. The predicted octanol–water partition coefficient (Wildman–Crippen LogP) is 5.56. The lowest BCUT2D eigenvalue weighted by atomic mass is 9.93. The van der Waals surface area contributed by atoms with Crippen LogP contribution in [-0.2, 0) is 38.5 Å². The molecule has 0 atom stereocenters. The van der Waals surface area contributed by atoms with E-state index in [0.717, 1.165) is 44.1 Å². The first-order valence-electron chi connectivity index (χ1n) is 9.96. The van der Waals surface area contributed by atoms with E-state index in [-0.39, 0.29) is 5.78 Å². The van der Waals surface area contributed by atoms with Crippen LogP contribution in [0, 0.1) is 0 Å². The van der Waals surface area contributed by atoms with Crippen LogP contribution in [0.4, 0.5) is 0 Å². The van der Waals surface area contributed by atoms with Crippen LogP contribution in [0.5, 0.6) is 0 Å². The SMILES string of the molecule is CC(=O)c1cc2ccc1CCc1ccc(cc1)CCc1ccc(cc1)CC2. The van der Waals surface area contributed by atoms with Crippen LogP contribution in [-0.4, -0.2) is 5.78 Å². The fourth-order valence-corrected chi connectivity index (χ4v) is 3.93. The molecular formula is C26H26O. The fourth-order valence-electron chi connectivity index (χ4n) is 3.93. The second-order valence-electron chi connectivity index (χ2n) is 7.68. The average molecular weight is 354 g/mol. The molecule has 6 aliphatic carbocycles. The normalized spacial score (nSPS) is 14.1. The zero-order valence-corrected chi connectivity index (χ0v) is 16.0. The van der Waals surface area contributed by atoms with E-state index in [2.05, 4.69) is 66.7 Å². The Labute approximate surface area is 162 Å². The minimum atomic E-state index is 0.168. The van der Waals surface area contributed by atoms with Crippen molar-refractivity contribution in [3.05, 3.63) is 106 Å². The third kappa shape index (κ3) is 4.36. The van der Waals surface area contributed by atoms with Crippen molar-refractivity contribution in [3.63, 3.8) is 0 Å². The van der Waals surface area contributed by atoms with E-state index in [9.17, 15) is 4.79 Å². The van der Waals surface area contributed by atoms with E-state index < -0.39 is 0 Å². The van der Waals surface area contributed by atoms with Gasteiger partial charge in [-0.2, -0.15) is 0 Å². The van der Waals surface area contributed by atoms with Crippen LogP contribution >= 0.6 is 0 Å². The molecule has 0 spiro atoms. The van der Waals surface area contributed by atoms with Crippen molar-refractivity contribution in [1.29, 1.82) is 0 Å². The number of rotatable bonds is 1. The van der Waals surface area contributed by atoms with Crippen LogP contribution in [0.15, 0.2) is 66.7 Å². The summed E-state index contributed by atoms with van der Waals surface area (Å²) in [6, 6.07) is 24.5. The van der Waals surface area contributed by atoms with Gasteiger partial charge < -0.3 is 0 Å². The highest BCUT2D eigenvalue weighted by Gasteiger charge is 2.10. The predicted molar refractivity (Wildman–Crippen MR) is 112 cm³/mol. The number of hydrogen-bond donors (Lipinski definition) is 0. The quantitative estimate of drug-likeness (QED) is 0.523. The molecule has 0 radical (unpaired) electrons. The smallest absolute Gasteiger partial charge is 0.160 e. The summed E-state index contributed by atoms with van der Waals surface area (Å²) in [7, 11) is 0. The molecule has 9 rings (SSSR count). The molecule has 0 saturated carbocycles. The number of ketones is 1. The van der Waals surface area contributed by atoms with Crippen molar-refractivity contribution in [2.45, 2.75) is 45.4 Å². The molecule has 0 fully saturated rings. The Hall–Kier alpha value is -2.67. The van der Waals surface area contributed by atoms with Crippen LogP contribution in [0.3, 0.4) is 0 Å². The van der Waals surface area contributed by atoms with E-state index in [4.69, 9.17) is 0 Å². The molecule has 0 N–H and O–H groups in total. The summed E-state index contributed by atoms with van der Waals surface area (Å²) in [4.78, 5) is 12.2. The first kappa shape index (κ1) is 17.7. The zero-order chi connectivity index (χ0) is 18.6. The van der Waals surface area contributed by atoms with E-state index in [1.54, 1.807) is 6.92 Å². The molecular weight excluding hydrogens is 328 g/mol. The standard InChI is InChI=1S/C26H26O/c1-19(27)26-18-24-13-12-22-6-4-20(5-7-22)2-3-21-8-10-23(11-9-21)14-16-25(26)17-15-24/h4-11,15,17-18H,2-3,12-14,16H2,1H3. The molecule has 0 aliphatic heterocycles. The molecule has 3 aromatic rings. The summed E-state index contributed by atoms with van der Waals surface area (Å²) in [6.45, 7) is 1.68. The summed E-state index contributed by atoms with van der Waals surface area (Å²) in [5, 5.41) is 0. The highest BCUT2D eigenvalue weighted by Crippen LogP contribution is 2.19. The molecule has 0 amide bonds. The molecule has 6 bridgehead atoms. The number of hydrogen-bond acceptors (Lipinski definition) is 1. The minimum Gasteiger partial charge on any atom is -0.295 e. The second-order valence-corrected chi connectivity index (χ2v) is 7.68. The molecule has 6 aliphatic rings. The van der Waals surface area contributed by atoms with Crippen molar-refractivity contribution in [1.82, 2.24) is 0 Å². The maximum absolute atomic E-state index is 12.2. The van der Waals surface area contributed by atoms with E-state index in [0.29, 0.717) is 0 Å². The first-order chi connectivity index (χ1) is 13.2. The Kier molecular flexibility index (Phi) is 5.20. The van der Waals surface area contributed by atoms with Crippen molar-refractivity contribution < 1.29 is 4.79 Å². The van der Waals surface area contributed by atoms with Crippen molar-refractivity contribution in [3.8, 4) is 0 Å². The summed E-state index contributed by atoms with van der Waals surface area (Å²) in [6.07, 6.45) is 6.03. The Morgan fingerprint density at radius 1 is 0.556 bits per heavy atom. The van der Waals surface area contributed by atoms with E-state index in [1.165, 1.54) is 33.4 Å². The Morgan fingerprint density at radius 2 is 0.926 bits per heavy atom. The Bertz CT molecular complexity index is 933. The molecule has 3 aromatic carbocycles. The van der Waals surface area contributed by atoms with Crippen LogP contribution in [0.25, 0.3) is 0 Å². The molecule has 27 heavy (non-hydrogen) atoms. The van der Waals surface area contributed by atoms with Gasteiger partial charge in [-0.05, 0) is 84.9 Å². The highest BCUT2D eigenvalue weighted by atomic mass is 16.1. The molecule has 0 aromatic heterocycles. The van der Waals surface area contributed by atoms with Gasteiger partial charge in [0, 0.05) is 5.56 Å². The number of benzene rings is 3. The third-order valence-electron chi connectivity index (χ3n) is 5.69. The number of carbonyl (C=O) groups excluding carboxylic acids is 1. The van der Waals surface area contributed by atoms with E-state index >= 15 is 0 Å². The number of aryl methyl sites for hydroxylation is 6. The summed E-state index contributed by atoms with van der Waals surface area (Å²) >= 11 is 0. The van der Waals surface area contributed by atoms with Gasteiger partial charge in [0.05, 0.1) is 0 Å². The van der Waals surface area contributed by atoms with Crippen molar-refractivity contribution in [2.24, 2.45) is 0 Å². The zero-order valence-electron chi connectivity index (χ0n) is 16.0. The third-order valence-corrected chi connectivity index (χ3v) is 5.69. The summed E-state index contributed by atoms with van der Waals surface area (Å²) in [5.41, 5.74) is 8.78. The van der Waals surface area contributed by atoms with Crippen LogP contribution in [0.2, 0.25) is 0 Å². The molecule has 0 heterocycles. The monoisotopic (exact) mass is 354 g/mol. The molecule has 1 heteroatoms. The lowest BCUT2D eigenvalue weighted by Gasteiger charge is -2.12. The molecule has 1 nitrogen and oxygen atoms in total. The van der Waals surface area contributed by atoms with Gasteiger partial charge in [0.15, 0.2) is 5.78 Å². The molecule has 0 saturated heterocycles. The van der Waals surface area contributed by atoms with Crippen molar-refractivity contribution >= 4 is 5.78 Å². The molecule has 136 valence electrons. The van der Waals surface area contributed by atoms with Gasteiger partial charge >= 0.3 is 0 Å². The topological polar surface area (TPSA) is 17.1 Å². The van der Waals surface area contributed by atoms with Gasteiger partial charge in [0.25, 0.3) is 0 Å². The lowest BCUT2D eigenvalue weighted by Crippen LogP contribution is -2.04. The average Bonchev–Trinajstić information content (AvgIpc) is 2.70. The van der Waals surface area contributed by atoms with Crippen LogP contribution < -0.4 is 0 Å². The fraction of sp³-hybridized carbons (Fsp3) is 0.269. The number of Topliss-reactive ketones (excluding diaryl/α,β-unsaturated/α-hetero) is 1.